The Hall–Kier alpha value is -3.36. The van der Waals surface area contributed by atoms with Crippen LogP contribution in [0, 0.1) is 0 Å². The molecule has 0 saturated carbocycles. The van der Waals surface area contributed by atoms with E-state index in [4.69, 9.17) is 24.3 Å². The van der Waals surface area contributed by atoms with E-state index < -0.39 is 11.6 Å². The van der Waals surface area contributed by atoms with Gasteiger partial charge in [-0.3, -0.25) is 4.79 Å². The van der Waals surface area contributed by atoms with Crippen molar-refractivity contribution in [2.45, 2.75) is 44.2 Å². The van der Waals surface area contributed by atoms with Crippen molar-refractivity contribution in [1.82, 2.24) is 5.32 Å². The summed E-state index contributed by atoms with van der Waals surface area (Å²) in [6, 6.07) is 22.9. The Kier molecular flexibility index (Phi) is 10.0. The fourth-order valence-corrected chi connectivity index (χ4v) is 4.98. The largest absolute Gasteiger partial charge is 0.497 e. The summed E-state index contributed by atoms with van der Waals surface area (Å²) in [5.74, 6) is 1.57. The lowest BCUT2D eigenvalue weighted by Gasteiger charge is -2.31. The second kappa shape index (κ2) is 13.6. The molecule has 3 aromatic carbocycles. The van der Waals surface area contributed by atoms with E-state index in [1.165, 1.54) is 0 Å². The van der Waals surface area contributed by atoms with Gasteiger partial charge in [0.05, 0.1) is 13.7 Å². The van der Waals surface area contributed by atoms with E-state index in [0.29, 0.717) is 43.4 Å². The Balaban J connectivity index is 1.78. The molecule has 206 valence electrons. The lowest BCUT2D eigenvalue weighted by atomic mass is 9.82. The van der Waals surface area contributed by atoms with Crippen molar-refractivity contribution >= 4 is 27.7 Å². The molecular weight excluding hydrogens is 560 g/mol. The fraction of sp³-hybridized carbons (Fsp3) is 0.355. The number of aliphatic hydroxyl groups excluding tert-OH is 1. The molecule has 2 atom stereocenters. The number of carbonyl (C=O) groups is 1. The predicted octanol–water partition coefficient (Wildman–Crippen LogP) is 5.63. The molecule has 0 aromatic heterocycles. The standard InChI is InChI=1S/C31H35BrN2O5/c1-3-4-17-33-30(36)31(21-24-9-5-6-12-27(24)32)28(23-10-7-11-26(20-23)37-2)39-29(34-31)22-13-15-25(16-14-22)38-19-8-18-35/h5-7,9-16,20,28,35H,3-4,8,17-19,21H2,1-2H3,(H,33,36)/t28-,31-/m1/s1. The van der Waals surface area contributed by atoms with Gasteiger partial charge in [0.25, 0.3) is 5.91 Å². The topological polar surface area (TPSA) is 89.4 Å². The van der Waals surface area contributed by atoms with Gasteiger partial charge < -0.3 is 24.6 Å². The van der Waals surface area contributed by atoms with E-state index in [2.05, 4.69) is 28.2 Å². The summed E-state index contributed by atoms with van der Waals surface area (Å²) in [7, 11) is 1.62. The van der Waals surface area contributed by atoms with Gasteiger partial charge >= 0.3 is 0 Å². The van der Waals surface area contributed by atoms with E-state index in [1.807, 2.05) is 72.8 Å². The average molecular weight is 596 g/mol. The van der Waals surface area contributed by atoms with Gasteiger partial charge in [0, 0.05) is 36.0 Å². The fourth-order valence-electron chi connectivity index (χ4n) is 4.55. The van der Waals surface area contributed by atoms with Gasteiger partial charge in [0.2, 0.25) is 5.90 Å². The zero-order valence-electron chi connectivity index (χ0n) is 22.4. The van der Waals surface area contributed by atoms with Gasteiger partial charge in [-0.15, -0.1) is 0 Å². The van der Waals surface area contributed by atoms with E-state index in [9.17, 15) is 4.79 Å². The molecule has 4 rings (SSSR count). The molecule has 0 aliphatic carbocycles. The van der Waals surface area contributed by atoms with Crippen LogP contribution in [0.15, 0.2) is 82.3 Å². The Bertz CT molecular complexity index is 1280. The molecule has 0 bridgehead atoms. The summed E-state index contributed by atoms with van der Waals surface area (Å²) < 4.78 is 18.7. The summed E-state index contributed by atoms with van der Waals surface area (Å²) in [4.78, 5) is 19.2. The Labute approximate surface area is 238 Å². The molecule has 3 aromatic rings. The van der Waals surface area contributed by atoms with Gasteiger partial charge in [-0.2, -0.15) is 0 Å². The molecular formula is C31H35BrN2O5. The predicted molar refractivity (Wildman–Crippen MR) is 155 cm³/mol. The maximum Gasteiger partial charge on any atom is 0.252 e. The number of nitrogens with one attached hydrogen (secondary N) is 1. The van der Waals surface area contributed by atoms with Crippen molar-refractivity contribution in [2.24, 2.45) is 4.99 Å². The number of methoxy groups -OCH3 is 1. The molecule has 2 N–H and O–H groups in total. The van der Waals surface area contributed by atoms with Crippen LogP contribution in [0.1, 0.15) is 49.0 Å². The lowest BCUT2D eigenvalue weighted by Crippen LogP contribution is -2.50. The number of ether oxygens (including phenoxy) is 3. The first-order valence-corrected chi connectivity index (χ1v) is 14.1. The molecule has 1 aliphatic heterocycles. The van der Waals surface area contributed by atoms with E-state index in [-0.39, 0.29) is 12.5 Å². The van der Waals surface area contributed by atoms with Crippen LogP contribution in [-0.4, -0.2) is 49.3 Å². The number of hydrogen-bond acceptors (Lipinski definition) is 6. The van der Waals surface area contributed by atoms with Crippen molar-refractivity contribution in [2.75, 3.05) is 26.9 Å². The van der Waals surface area contributed by atoms with Crippen LogP contribution in [0.5, 0.6) is 11.5 Å². The molecule has 0 saturated heterocycles. The van der Waals surface area contributed by atoms with Crippen LogP contribution in [0.25, 0.3) is 0 Å². The van der Waals surface area contributed by atoms with E-state index >= 15 is 0 Å². The van der Waals surface area contributed by atoms with Crippen LogP contribution in [0.2, 0.25) is 0 Å². The highest BCUT2D eigenvalue weighted by atomic mass is 79.9. The normalized spacial score (nSPS) is 18.3. The first-order chi connectivity index (χ1) is 19.0. The molecule has 0 radical (unpaired) electrons. The third kappa shape index (κ3) is 6.81. The maximum absolute atomic E-state index is 14.1. The van der Waals surface area contributed by atoms with Crippen molar-refractivity contribution in [3.8, 4) is 11.5 Å². The molecule has 1 amide bonds. The van der Waals surface area contributed by atoms with E-state index in [1.54, 1.807) is 7.11 Å². The first-order valence-electron chi connectivity index (χ1n) is 13.3. The van der Waals surface area contributed by atoms with Gasteiger partial charge in [-0.05, 0) is 60.0 Å². The Morgan fingerprint density at radius 1 is 1.08 bits per heavy atom. The van der Waals surface area contributed by atoms with Crippen molar-refractivity contribution in [3.63, 3.8) is 0 Å². The SMILES string of the molecule is CCCCNC(=O)[C@]1(Cc2ccccc2Br)N=C(c2ccc(OCCCO)cc2)O[C@@H]1c1cccc(OC)c1. The number of nitrogens with zero attached hydrogens (tertiary/aromatic N) is 1. The van der Waals surface area contributed by atoms with Crippen molar-refractivity contribution in [3.05, 3.63) is 94.0 Å². The number of amides is 1. The monoisotopic (exact) mass is 594 g/mol. The minimum Gasteiger partial charge on any atom is -0.497 e. The van der Waals surface area contributed by atoms with Crippen molar-refractivity contribution < 1.29 is 24.1 Å². The summed E-state index contributed by atoms with van der Waals surface area (Å²) in [6.07, 6.45) is 2.05. The summed E-state index contributed by atoms with van der Waals surface area (Å²) >= 11 is 3.66. The molecule has 0 unspecified atom stereocenters. The van der Waals surface area contributed by atoms with Gasteiger partial charge in [0.1, 0.15) is 11.5 Å². The van der Waals surface area contributed by atoms with Crippen LogP contribution in [-0.2, 0) is 16.0 Å². The average Bonchev–Trinajstić information content (AvgIpc) is 3.35. The zero-order chi connectivity index (χ0) is 27.7. The van der Waals surface area contributed by atoms with Crippen LogP contribution in [0.3, 0.4) is 0 Å². The number of aliphatic imine (C=N–C) groups is 1. The van der Waals surface area contributed by atoms with E-state index in [0.717, 1.165) is 34.0 Å². The maximum atomic E-state index is 14.1. The number of carbonyl (C=O) groups excluding carboxylic acids is 1. The number of unbranched alkanes of at least 4 members (excludes halogenated alkanes) is 1. The summed E-state index contributed by atoms with van der Waals surface area (Å²) in [5, 5.41) is 12.1. The number of rotatable bonds is 13. The molecule has 0 fully saturated rings. The molecule has 8 heteroatoms. The van der Waals surface area contributed by atoms with Crippen LogP contribution in [0.4, 0.5) is 0 Å². The minimum atomic E-state index is -1.25. The highest BCUT2D eigenvalue weighted by Crippen LogP contribution is 2.44. The number of aliphatic hydroxyl groups is 1. The van der Waals surface area contributed by atoms with Gasteiger partial charge in [-0.1, -0.05) is 59.6 Å². The quantitative estimate of drug-likeness (QED) is 0.250. The number of hydrogen-bond donors (Lipinski definition) is 2. The number of halogens is 1. The summed E-state index contributed by atoms with van der Waals surface area (Å²) in [6.45, 7) is 3.16. The van der Waals surface area contributed by atoms with Crippen LogP contribution < -0.4 is 14.8 Å². The van der Waals surface area contributed by atoms with Gasteiger partial charge in [-0.25, -0.2) is 4.99 Å². The third-order valence-corrected chi connectivity index (χ3v) is 7.43. The van der Waals surface area contributed by atoms with Crippen molar-refractivity contribution in [1.29, 1.82) is 0 Å². The Morgan fingerprint density at radius 2 is 1.87 bits per heavy atom. The zero-order valence-corrected chi connectivity index (χ0v) is 23.9. The lowest BCUT2D eigenvalue weighted by molar-refractivity contribution is -0.128. The smallest absolute Gasteiger partial charge is 0.252 e. The molecule has 7 nitrogen and oxygen atoms in total. The highest BCUT2D eigenvalue weighted by molar-refractivity contribution is 9.10. The minimum absolute atomic E-state index is 0.0777. The molecule has 0 spiro atoms. The second-order valence-corrected chi connectivity index (χ2v) is 10.3. The molecule has 1 heterocycles. The summed E-state index contributed by atoms with van der Waals surface area (Å²) in [5.41, 5.74) is 1.25. The first kappa shape index (κ1) is 28.6. The third-order valence-electron chi connectivity index (χ3n) is 6.66. The number of benzene rings is 3. The second-order valence-electron chi connectivity index (χ2n) is 9.44. The molecule has 1 aliphatic rings. The highest BCUT2D eigenvalue weighted by Gasteiger charge is 2.53. The van der Waals surface area contributed by atoms with Crippen LogP contribution >= 0.6 is 15.9 Å². The Morgan fingerprint density at radius 3 is 2.59 bits per heavy atom. The molecule has 39 heavy (non-hydrogen) atoms. The van der Waals surface area contributed by atoms with Gasteiger partial charge in [0.15, 0.2) is 11.6 Å².